The molecule has 0 saturated carbocycles. The fourth-order valence-corrected chi connectivity index (χ4v) is 4.15. The number of fused-ring (bicyclic) bond motifs is 1. The highest BCUT2D eigenvalue weighted by atomic mass is 16.2. The van der Waals surface area contributed by atoms with Crippen molar-refractivity contribution in [3.05, 3.63) is 47.0 Å². The van der Waals surface area contributed by atoms with Gasteiger partial charge < -0.3 is 0 Å². The van der Waals surface area contributed by atoms with E-state index in [1.165, 1.54) is 28.2 Å². The van der Waals surface area contributed by atoms with Gasteiger partial charge in [0.15, 0.2) is 0 Å². The average Bonchev–Trinajstić information content (AvgIpc) is 2.97. The van der Waals surface area contributed by atoms with E-state index in [4.69, 9.17) is 0 Å². The second kappa shape index (κ2) is 5.30. The molecule has 1 aromatic carbocycles. The first-order chi connectivity index (χ1) is 11.0. The van der Waals surface area contributed by atoms with Gasteiger partial charge in [-0.2, -0.15) is 0 Å². The molecule has 0 saturated heterocycles. The second-order valence-electron chi connectivity index (χ2n) is 9.12. The van der Waals surface area contributed by atoms with Crippen molar-refractivity contribution >= 4 is 11.8 Å². The maximum atomic E-state index is 12.4. The molecule has 2 amide bonds. The first-order valence-electron chi connectivity index (χ1n) is 8.69. The third-order valence-electron chi connectivity index (χ3n) is 5.38. The summed E-state index contributed by atoms with van der Waals surface area (Å²) in [5.41, 5.74) is 3.83. The lowest BCUT2D eigenvalue weighted by molar-refractivity contribution is -0.141. The van der Waals surface area contributed by atoms with E-state index in [0.29, 0.717) is 0 Å². The number of hydrogen-bond acceptors (Lipinski definition) is 2. The largest absolute Gasteiger partial charge is 0.269 e. The van der Waals surface area contributed by atoms with Crippen molar-refractivity contribution < 1.29 is 9.59 Å². The van der Waals surface area contributed by atoms with Gasteiger partial charge in [0.05, 0.1) is 6.04 Å². The molecule has 128 valence electrons. The van der Waals surface area contributed by atoms with Gasteiger partial charge in [-0.15, -0.1) is 0 Å². The number of hydrogen-bond donors (Lipinski definition) is 0. The summed E-state index contributed by atoms with van der Waals surface area (Å²) in [5.74, 6) is -0.148. The summed E-state index contributed by atoms with van der Waals surface area (Å²) in [4.78, 5) is 26.2. The predicted octanol–water partition coefficient (Wildman–Crippen LogP) is 4.17. The van der Waals surface area contributed by atoms with Crippen molar-refractivity contribution in [1.82, 2.24) is 4.90 Å². The molecule has 3 nitrogen and oxygen atoms in total. The predicted molar refractivity (Wildman–Crippen MR) is 95.5 cm³/mol. The fraction of sp³-hybridized carbons (Fsp3) is 0.524. The summed E-state index contributed by atoms with van der Waals surface area (Å²) < 4.78 is 0. The van der Waals surface area contributed by atoms with Crippen LogP contribution in [0, 0.1) is 11.3 Å². The molecule has 0 bridgehead atoms. The van der Waals surface area contributed by atoms with Gasteiger partial charge >= 0.3 is 0 Å². The zero-order valence-electron chi connectivity index (χ0n) is 15.5. The van der Waals surface area contributed by atoms with E-state index >= 15 is 0 Å². The molecule has 0 N–H and O–H groups in total. The zero-order chi connectivity index (χ0) is 17.9. The van der Waals surface area contributed by atoms with Crippen molar-refractivity contribution in [1.29, 1.82) is 0 Å². The maximum Gasteiger partial charge on any atom is 0.254 e. The molecule has 2 atom stereocenters. The molecule has 3 heteroatoms. The molecular formula is C21H27NO2. The topological polar surface area (TPSA) is 37.4 Å². The SMILES string of the molecule is CC(C)(C)c1cccc2c1C[C@@H](C(C)(C)C)[C@@H]2N1C(=O)C=CC1=O. The summed E-state index contributed by atoms with van der Waals surface area (Å²) in [6.07, 6.45) is 3.70. The first kappa shape index (κ1) is 16.9. The van der Waals surface area contributed by atoms with Crippen LogP contribution in [0.4, 0.5) is 0 Å². The Morgan fingerprint density at radius 3 is 2.04 bits per heavy atom. The second-order valence-corrected chi connectivity index (χ2v) is 9.12. The van der Waals surface area contributed by atoms with Crippen molar-refractivity contribution in [2.24, 2.45) is 11.3 Å². The van der Waals surface area contributed by atoms with Gasteiger partial charge in [0.1, 0.15) is 0 Å². The van der Waals surface area contributed by atoms with Crippen molar-refractivity contribution in [2.75, 3.05) is 0 Å². The third-order valence-corrected chi connectivity index (χ3v) is 5.38. The molecule has 2 aliphatic rings. The smallest absolute Gasteiger partial charge is 0.254 e. The number of imide groups is 1. The lowest BCUT2D eigenvalue weighted by Gasteiger charge is -2.36. The van der Waals surface area contributed by atoms with Gasteiger partial charge in [0.2, 0.25) is 0 Å². The molecule has 3 rings (SSSR count). The van der Waals surface area contributed by atoms with Crippen LogP contribution in [0.1, 0.15) is 64.3 Å². The van der Waals surface area contributed by atoms with Crippen molar-refractivity contribution in [2.45, 2.75) is 59.4 Å². The van der Waals surface area contributed by atoms with E-state index in [1.54, 1.807) is 0 Å². The maximum absolute atomic E-state index is 12.4. The van der Waals surface area contributed by atoms with Gasteiger partial charge in [-0.25, -0.2) is 0 Å². The summed E-state index contributed by atoms with van der Waals surface area (Å²) in [6, 6.07) is 6.18. The van der Waals surface area contributed by atoms with Crippen LogP contribution in [0.3, 0.4) is 0 Å². The number of carbonyl (C=O) groups excluding carboxylic acids is 2. The summed E-state index contributed by atoms with van der Waals surface area (Å²) in [6.45, 7) is 13.3. The van der Waals surface area contributed by atoms with E-state index in [2.05, 4.69) is 59.7 Å². The van der Waals surface area contributed by atoms with Gasteiger partial charge in [-0.05, 0) is 39.9 Å². The van der Waals surface area contributed by atoms with Crippen molar-refractivity contribution in [3.8, 4) is 0 Å². The van der Waals surface area contributed by atoms with E-state index in [1.807, 2.05) is 0 Å². The van der Waals surface area contributed by atoms with Crippen LogP contribution < -0.4 is 0 Å². The summed E-state index contributed by atoms with van der Waals surface area (Å²) >= 11 is 0. The van der Waals surface area contributed by atoms with Crippen LogP contribution in [0.2, 0.25) is 0 Å². The molecule has 0 unspecified atom stereocenters. The molecule has 1 aliphatic carbocycles. The van der Waals surface area contributed by atoms with Crippen LogP contribution in [-0.2, 0) is 21.4 Å². The standard InChI is InChI=1S/C21H27NO2/c1-20(2,3)15-9-7-8-13-14(15)12-16(21(4,5)6)19(13)22-17(23)10-11-18(22)24/h7-11,16,19H,12H2,1-6H3/t16-,19-/m1/s1. The molecular weight excluding hydrogens is 298 g/mol. The Bertz CT molecular complexity index is 713. The molecule has 0 radical (unpaired) electrons. The summed E-state index contributed by atoms with van der Waals surface area (Å²) in [7, 11) is 0. The van der Waals surface area contributed by atoms with Crippen molar-refractivity contribution in [3.63, 3.8) is 0 Å². The molecule has 0 aromatic heterocycles. The van der Waals surface area contributed by atoms with Crippen LogP contribution >= 0.6 is 0 Å². The number of benzene rings is 1. The molecule has 0 fully saturated rings. The van der Waals surface area contributed by atoms with E-state index < -0.39 is 0 Å². The third kappa shape index (κ3) is 2.60. The van der Waals surface area contributed by atoms with E-state index in [0.717, 1.165) is 12.0 Å². The Balaban J connectivity index is 2.17. The first-order valence-corrected chi connectivity index (χ1v) is 8.69. The lowest BCUT2D eigenvalue weighted by atomic mass is 9.75. The van der Waals surface area contributed by atoms with Crippen LogP contribution in [0.5, 0.6) is 0 Å². The lowest BCUT2D eigenvalue weighted by Crippen LogP contribution is -2.40. The minimum absolute atomic E-state index is 0.00198. The van der Waals surface area contributed by atoms with Crippen LogP contribution in [0.15, 0.2) is 30.4 Å². The highest BCUT2D eigenvalue weighted by Crippen LogP contribution is 2.51. The van der Waals surface area contributed by atoms with Gasteiger partial charge in [-0.3, -0.25) is 14.5 Å². The minimum Gasteiger partial charge on any atom is -0.269 e. The molecule has 1 heterocycles. The Kier molecular flexibility index (Phi) is 3.74. The van der Waals surface area contributed by atoms with Gasteiger partial charge in [0, 0.05) is 12.2 Å². The van der Waals surface area contributed by atoms with Crippen LogP contribution in [0.25, 0.3) is 0 Å². The van der Waals surface area contributed by atoms with Crippen LogP contribution in [-0.4, -0.2) is 16.7 Å². The zero-order valence-corrected chi connectivity index (χ0v) is 15.5. The van der Waals surface area contributed by atoms with Gasteiger partial charge in [0.25, 0.3) is 11.8 Å². The number of nitrogens with zero attached hydrogens (tertiary/aromatic N) is 1. The van der Waals surface area contributed by atoms with E-state index in [-0.39, 0.29) is 34.6 Å². The minimum atomic E-state index is -0.187. The quantitative estimate of drug-likeness (QED) is 0.727. The van der Waals surface area contributed by atoms with E-state index in [9.17, 15) is 9.59 Å². The number of rotatable bonds is 1. The highest BCUT2D eigenvalue weighted by molar-refractivity contribution is 6.13. The Morgan fingerprint density at radius 2 is 1.54 bits per heavy atom. The number of amides is 2. The summed E-state index contributed by atoms with van der Waals surface area (Å²) in [5, 5.41) is 0. The molecule has 1 aliphatic heterocycles. The van der Waals surface area contributed by atoms with Gasteiger partial charge in [-0.1, -0.05) is 59.7 Å². The monoisotopic (exact) mass is 325 g/mol. The Hall–Kier alpha value is -1.90. The normalized spacial score (nSPS) is 24.0. The molecule has 0 spiro atoms. The Labute approximate surface area is 144 Å². The number of carbonyl (C=O) groups is 2. The molecule has 1 aromatic rings. The fourth-order valence-electron chi connectivity index (χ4n) is 4.15. The highest BCUT2D eigenvalue weighted by Gasteiger charge is 2.47. The Morgan fingerprint density at radius 1 is 0.958 bits per heavy atom. The average molecular weight is 325 g/mol. The molecule has 24 heavy (non-hydrogen) atoms.